The minimum atomic E-state index is -0.120. The quantitative estimate of drug-likeness (QED) is 0.424. The third kappa shape index (κ3) is 8.33. The first-order chi connectivity index (χ1) is 15.7. The summed E-state index contributed by atoms with van der Waals surface area (Å²) in [4.78, 5) is 14.6. The predicted molar refractivity (Wildman–Crippen MR) is 134 cm³/mol. The molecule has 7 heteroatoms. The molecule has 0 aromatic heterocycles. The van der Waals surface area contributed by atoms with E-state index in [0.717, 1.165) is 23.1 Å². The minimum Gasteiger partial charge on any atom is -0.493 e. The lowest BCUT2D eigenvalue weighted by Crippen LogP contribution is -2.40. The van der Waals surface area contributed by atoms with Gasteiger partial charge < -0.3 is 25.4 Å². The number of urea groups is 1. The van der Waals surface area contributed by atoms with Gasteiger partial charge in [-0.15, -0.1) is 12.4 Å². The maximum atomic E-state index is 12.8. The summed E-state index contributed by atoms with van der Waals surface area (Å²) >= 11 is 0. The predicted octanol–water partition coefficient (Wildman–Crippen LogP) is 4.76. The van der Waals surface area contributed by atoms with Gasteiger partial charge in [0.25, 0.3) is 0 Å². The Bertz CT molecular complexity index is 971. The van der Waals surface area contributed by atoms with Crippen molar-refractivity contribution in [3.63, 3.8) is 0 Å². The molecule has 0 aliphatic rings. The van der Waals surface area contributed by atoms with Gasteiger partial charge in [-0.3, -0.25) is 0 Å². The molecule has 3 rings (SSSR count). The molecule has 0 bridgehead atoms. The van der Waals surface area contributed by atoms with Crippen LogP contribution in [-0.4, -0.2) is 31.1 Å². The van der Waals surface area contributed by atoms with Crippen LogP contribution in [-0.2, 0) is 19.7 Å². The number of methoxy groups -OCH3 is 1. The van der Waals surface area contributed by atoms with Gasteiger partial charge in [0.2, 0.25) is 0 Å². The fraction of sp³-hybridized carbons (Fsp3) is 0.269. The maximum absolute atomic E-state index is 12.8. The number of amides is 2. The molecule has 2 amide bonds. The fourth-order valence-corrected chi connectivity index (χ4v) is 3.31. The molecule has 0 heterocycles. The summed E-state index contributed by atoms with van der Waals surface area (Å²) in [5.41, 5.74) is 8.79. The van der Waals surface area contributed by atoms with Crippen LogP contribution in [0.3, 0.4) is 0 Å². The topological polar surface area (TPSA) is 76.8 Å². The van der Waals surface area contributed by atoms with Crippen LogP contribution in [0.15, 0.2) is 78.9 Å². The maximum Gasteiger partial charge on any atom is 0.317 e. The number of nitrogens with zero attached hydrogens (tertiary/aromatic N) is 1. The molecule has 0 saturated carbocycles. The monoisotopic (exact) mass is 469 g/mol. The molecule has 0 atom stereocenters. The number of nitrogens with two attached hydrogens (primary N) is 1. The Morgan fingerprint density at radius 2 is 1.58 bits per heavy atom. The molecule has 3 N–H and O–H groups in total. The number of ether oxygens (including phenoxy) is 2. The Hall–Kier alpha value is -3.22. The third-order valence-electron chi connectivity index (χ3n) is 5.04. The fourth-order valence-electron chi connectivity index (χ4n) is 3.31. The van der Waals surface area contributed by atoms with Crippen LogP contribution in [0, 0.1) is 0 Å². The summed E-state index contributed by atoms with van der Waals surface area (Å²) in [7, 11) is 1.62. The summed E-state index contributed by atoms with van der Waals surface area (Å²) in [6.07, 6.45) is 0.730. The van der Waals surface area contributed by atoms with E-state index in [2.05, 4.69) is 5.32 Å². The van der Waals surface area contributed by atoms with Gasteiger partial charge in [-0.05, 0) is 41.8 Å². The molecular formula is C26H32ClN3O3. The molecule has 33 heavy (non-hydrogen) atoms. The molecule has 3 aromatic rings. The number of nitrogens with one attached hydrogen (secondary N) is 1. The Morgan fingerprint density at radius 3 is 2.21 bits per heavy atom. The highest BCUT2D eigenvalue weighted by Crippen LogP contribution is 2.29. The van der Waals surface area contributed by atoms with Gasteiger partial charge in [-0.1, -0.05) is 66.7 Å². The summed E-state index contributed by atoms with van der Waals surface area (Å²) < 4.78 is 11.5. The van der Waals surface area contributed by atoms with Crippen LogP contribution in [0.5, 0.6) is 11.5 Å². The highest BCUT2D eigenvalue weighted by atomic mass is 35.5. The smallest absolute Gasteiger partial charge is 0.317 e. The zero-order valence-electron chi connectivity index (χ0n) is 18.9. The van der Waals surface area contributed by atoms with Crippen molar-refractivity contribution in [1.29, 1.82) is 0 Å². The van der Waals surface area contributed by atoms with E-state index >= 15 is 0 Å². The molecule has 0 radical (unpaired) electrons. The van der Waals surface area contributed by atoms with Crippen LogP contribution < -0.4 is 20.5 Å². The molecule has 0 saturated heterocycles. The molecule has 3 aromatic carbocycles. The minimum absolute atomic E-state index is 0. The molecule has 6 nitrogen and oxygen atoms in total. The van der Waals surface area contributed by atoms with E-state index in [1.807, 2.05) is 78.9 Å². The van der Waals surface area contributed by atoms with Crippen molar-refractivity contribution in [3.05, 3.63) is 95.6 Å². The van der Waals surface area contributed by atoms with Crippen molar-refractivity contribution in [2.45, 2.75) is 26.1 Å². The standard InChI is InChI=1S/C26H31N3O3.ClH/c1-31-25-17-23(13-14-24(25)32-20-22-11-6-3-7-12-22)19-29(16-8-15-27)26(30)28-18-21-9-4-2-5-10-21;/h2-7,9-14,17H,8,15-16,18-20,27H2,1H3,(H,28,30);1H. The second-order valence-corrected chi connectivity index (χ2v) is 7.47. The molecule has 0 aliphatic carbocycles. The molecule has 0 unspecified atom stereocenters. The Morgan fingerprint density at radius 1 is 0.909 bits per heavy atom. The molecular weight excluding hydrogens is 438 g/mol. The Labute approximate surface area is 202 Å². The molecule has 176 valence electrons. The van der Waals surface area contributed by atoms with Crippen molar-refractivity contribution in [1.82, 2.24) is 10.2 Å². The highest BCUT2D eigenvalue weighted by molar-refractivity contribution is 5.85. The van der Waals surface area contributed by atoms with Crippen molar-refractivity contribution < 1.29 is 14.3 Å². The van der Waals surface area contributed by atoms with Gasteiger partial charge in [-0.2, -0.15) is 0 Å². The first-order valence-electron chi connectivity index (χ1n) is 10.8. The lowest BCUT2D eigenvalue weighted by atomic mass is 10.1. The summed E-state index contributed by atoms with van der Waals surface area (Å²) in [6.45, 7) is 2.50. The molecule has 0 spiro atoms. The van der Waals surface area contributed by atoms with E-state index in [4.69, 9.17) is 15.2 Å². The van der Waals surface area contributed by atoms with Gasteiger partial charge in [-0.25, -0.2) is 4.79 Å². The second kappa shape index (κ2) is 14.0. The Kier molecular flexibility index (Phi) is 11.1. The van der Waals surface area contributed by atoms with E-state index in [1.54, 1.807) is 12.0 Å². The van der Waals surface area contributed by atoms with Crippen LogP contribution in [0.4, 0.5) is 4.79 Å². The first-order valence-corrected chi connectivity index (χ1v) is 10.8. The summed E-state index contributed by atoms with van der Waals surface area (Å²) in [6, 6.07) is 25.5. The second-order valence-electron chi connectivity index (χ2n) is 7.47. The number of carbonyl (C=O) groups excluding carboxylic acids is 1. The van der Waals surface area contributed by atoms with Crippen LogP contribution >= 0.6 is 12.4 Å². The van der Waals surface area contributed by atoms with Crippen LogP contribution in [0.2, 0.25) is 0 Å². The van der Waals surface area contributed by atoms with E-state index in [9.17, 15) is 4.79 Å². The van der Waals surface area contributed by atoms with Crippen molar-refractivity contribution in [3.8, 4) is 11.5 Å². The van der Waals surface area contributed by atoms with Gasteiger partial charge in [0.15, 0.2) is 11.5 Å². The molecule has 0 aliphatic heterocycles. The van der Waals surface area contributed by atoms with Gasteiger partial charge in [0, 0.05) is 19.6 Å². The van der Waals surface area contributed by atoms with Gasteiger partial charge in [0.05, 0.1) is 7.11 Å². The first kappa shape index (κ1) is 26.0. The van der Waals surface area contributed by atoms with Crippen molar-refractivity contribution in [2.75, 3.05) is 20.2 Å². The van der Waals surface area contributed by atoms with E-state index < -0.39 is 0 Å². The summed E-state index contributed by atoms with van der Waals surface area (Å²) in [5, 5.41) is 3.00. The largest absolute Gasteiger partial charge is 0.493 e. The number of rotatable bonds is 11. The summed E-state index contributed by atoms with van der Waals surface area (Å²) in [5.74, 6) is 1.31. The van der Waals surface area contributed by atoms with Crippen molar-refractivity contribution >= 4 is 18.4 Å². The van der Waals surface area contributed by atoms with Crippen molar-refractivity contribution in [2.24, 2.45) is 5.73 Å². The third-order valence-corrected chi connectivity index (χ3v) is 5.04. The van der Waals surface area contributed by atoms with E-state index in [-0.39, 0.29) is 18.4 Å². The average Bonchev–Trinajstić information content (AvgIpc) is 2.85. The van der Waals surface area contributed by atoms with Gasteiger partial charge in [0.1, 0.15) is 6.61 Å². The zero-order valence-corrected chi connectivity index (χ0v) is 19.7. The highest BCUT2D eigenvalue weighted by Gasteiger charge is 2.15. The SMILES string of the molecule is COc1cc(CN(CCCN)C(=O)NCc2ccccc2)ccc1OCc1ccccc1.Cl. The lowest BCUT2D eigenvalue weighted by Gasteiger charge is -2.24. The Balaban J connectivity index is 0.00000385. The molecule has 0 fully saturated rings. The number of hydrogen-bond acceptors (Lipinski definition) is 4. The number of halogens is 1. The zero-order chi connectivity index (χ0) is 22.6. The van der Waals surface area contributed by atoms with E-state index in [1.165, 1.54) is 0 Å². The van der Waals surface area contributed by atoms with Gasteiger partial charge >= 0.3 is 6.03 Å². The number of carbonyl (C=O) groups is 1. The normalized spacial score (nSPS) is 10.1. The number of hydrogen-bond donors (Lipinski definition) is 2. The van der Waals surface area contributed by atoms with Crippen LogP contribution in [0.1, 0.15) is 23.1 Å². The number of benzene rings is 3. The van der Waals surface area contributed by atoms with Crippen LogP contribution in [0.25, 0.3) is 0 Å². The average molecular weight is 470 g/mol. The lowest BCUT2D eigenvalue weighted by molar-refractivity contribution is 0.194. The van der Waals surface area contributed by atoms with E-state index in [0.29, 0.717) is 44.3 Å².